The minimum Gasteiger partial charge on any atom is -0.485 e. The van der Waals surface area contributed by atoms with Gasteiger partial charge in [-0.15, -0.1) is 0 Å². The molecule has 1 amide bonds. The van der Waals surface area contributed by atoms with Crippen molar-refractivity contribution in [2.24, 2.45) is 0 Å². The van der Waals surface area contributed by atoms with Crippen molar-refractivity contribution in [3.05, 3.63) is 75.7 Å². The van der Waals surface area contributed by atoms with Gasteiger partial charge >= 0.3 is 0 Å². The summed E-state index contributed by atoms with van der Waals surface area (Å²) in [6, 6.07) is 10.8. The Balaban J connectivity index is 1.79. The van der Waals surface area contributed by atoms with E-state index in [4.69, 9.17) is 16.3 Å². The molecule has 1 aromatic carbocycles. The number of H-pyrrole nitrogens is 1. The van der Waals surface area contributed by atoms with Crippen LogP contribution in [0.4, 0.5) is 5.82 Å². The molecule has 0 atom stereocenters. The largest absolute Gasteiger partial charge is 0.485 e. The number of aromatic nitrogens is 2. The Bertz CT molecular complexity index is 1040. The van der Waals surface area contributed by atoms with E-state index in [2.05, 4.69) is 15.3 Å². The van der Waals surface area contributed by atoms with Crippen molar-refractivity contribution in [3.8, 4) is 5.75 Å². The monoisotopic (exact) mass is 397 g/mol. The third-order valence-corrected chi connectivity index (χ3v) is 4.54. The van der Waals surface area contributed by atoms with E-state index in [0.717, 1.165) is 5.56 Å². The molecule has 6 nitrogen and oxygen atoms in total. The predicted octanol–water partition coefficient (Wildman–Crippen LogP) is 4.71. The van der Waals surface area contributed by atoms with Crippen molar-refractivity contribution in [2.75, 3.05) is 5.32 Å². The lowest BCUT2D eigenvalue weighted by molar-refractivity contribution is 0.101. The number of hydrogen-bond acceptors (Lipinski definition) is 4. The molecule has 0 aliphatic carbocycles. The lowest BCUT2D eigenvalue weighted by Gasteiger charge is -2.11. The Morgan fingerprint density at radius 2 is 2.00 bits per heavy atom. The van der Waals surface area contributed by atoms with Crippen molar-refractivity contribution in [3.63, 3.8) is 0 Å². The Labute approximate surface area is 167 Å². The van der Waals surface area contributed by atoms with Crippen molar-refractivity contribution in [1.29, 1.82) is 0 Å². The highest BCUT2D eigenvalue weighted by molar-refractivity contribution is 6.30. The Morgan fingerprint density at radius 1 is 1.21 bits per heavy atom. The number of ether oxygens (including phenoxy) is 1. The van der Waals surface area contributed by atoms with Crippen LogP contribution in [0.5, 0.6) is 5.75 Å². The van der Waals surface area contributed by atoms with E-state index >= 15 is 0 Å². The molecule has 0 bridgehead atoms. The van der Waals surface area contributed by atoms with Gasteiger partial charge in [-0.3, -0.25) is 9.59 Å². The maximum atomic E-state index is 12.7. The van der Waals surface area contributed by atoms with Gasteiger partial charge in [0.25, 0.3) is 5.91 Å². The van der Waals surface area contributed by atoms with E-state index in [9.17, 15) is 9.59 Å². The van der Waals surface area contributed by atoms with Crippen LogP contribution in [0.25, 0.3) is 0 Å². The third kappa shape index (κ3) is 4.23. The lowest BCUT2D eigenvalue weighted by atomic mass is 10.1. The molecule has 2 aromatic heterocycles. The van der Waals surface area contributed by atoms with Crippen molar-refractivity contribution in [2.45, 2.75) is 27.4 Å². The Morgan fingerprint density at radius 3 is 2.68 bits per heavy atom. The van der Waals surface area contributed by atoms with Gasteiger partial charge in [-0.2, -0.15) is 0 Å². The van der Waals surface area contributed by atoms with Crippen LogP contribution in [-0.2, 0) is 6.61 Å². The summed E-state index contributed by atoms with van der Waals surface area (Å²) in [6.07, 6.45) is 1.57. The number of hydrogen-bond donors (Lipinski definition) is 2. The molecular weight excluding hydrogens is 378 g/mol. The molecule has 0 aliphatic heterocycles. The molecule has 3 aromatic rings. The zero-order valence-corrected chi connectivity index (χ0v) is 16.6. The molecule has 2 N–H and O–H groups in total. The number of anilines is 1. The van der Waals surface area contributed by atoms with Crippen LogP contribution in [0.1, 0.15) is 44.6 Å². The molecule has 28 heavy (non-hydrogen) atoms. The summed E-state index contributed by atoms with van der Waals surface area (Å²) >= 11 is 5.99. The van der Waals surface area contributed by atoms with Gasteiger partial charge in [0.1, 0.15) is 12.3 Å². The molecule has 0 unspecified atom stereocenters. The molecule has 144 valence electrons. The number of benzene rings is 1. The van der Waals surface area contributed by atoms with Gasteiger partial charge in [-0.1, -0.05) is 23.7 Å². The van der Waals surface area contributed by atoms with Crippen LogP contribution in [0.15, 0.2) is 42.6 Å². The van der Waals surface area contributed by atoms with Crippen LogP contribution in [0.2, 0.25) is 5.02 Å². The molecule has 0 aliphatic rings. The molecule has 0 spiro atoms. The first-order chi connectivity index (χ1) is 13.4. The average Bonchev–Trinajstić information content (AvgIpc) is 2.95. The summed E-state index contributed by atoms with van der Waals surface area (Å²) in [6.45, 7) is 5.26. The number of pyridine rings is 1. The second kappa shape index (κ2) is 8.27. The summed E-state index contributed by atoms with van der Waals surface area (Å²) in [7, 11) is 0. The number of Topliss-reactive ketones (excluding diaryl/α,β-unsaturated/α-hetero) is 1. The predicted molar refractivity (Wildman–Crippen MR) is 108 cm³/mol. The second-order valence-corrected chi connectivity index (χ2v) is 6.84. The summed E-state index contributed by atoms with van der Waals surface area (Å²) in [5.74, 6) is 0.252. The van der Waals surface area contributed by atoms with Crippen LogP contribution in [0.3, 0.4) is 0 Å². The Kier molecular flexibility index (Phi) is 5.80. The van der Waals surface area contributed by atoms with Crippen molar-refractivity contribution >= 4 is 29.1 Å². The standard InChI is InChI=1S/C21H20ClN3O3/c1-12-18(14(3)26)13(2)24-19(12)21(27)25-20-17(8-5-9-23-20)28-11-15-6-4-7-16(22)10-15/h4-10,24H,11H2,1-3H3,(H,23,25,27). The lowest BCUT2D eigenvalue weighted by Crippen LogP contribution is -2.15. The summed E-state index contributed by atoms with van der Waals surface area (Å²) in [5.41, 5.74) is 3.03. The zero-order valence-electron chi connectivity index (χ0n) is 15.8. The number of ketones is 1. The van der Waals surface area contributed by atoms with Crippen LogP contribution in [-0.4, -0.2) is 21.7 Å². The topological polar surface area (TPSA) is 84.1 Å². The van der Waals surface area contributed by atoms with E-state index in [0.29, 0.717) is 39.1 Å². The van der Waals surface area contributed by atoms with Gasteiger partial charge in [0.2, 0.25) is 0 Å². The molecule has 0 saturated carbocycles. The fourth-order valence-corrected chi connectivity index (χ4v) is 3.28. The number of aromatic amines is 1. The number of rotatable bonds is 6. The number of amides is 1. The van der Waals surface area contributed by atoms with Crippen molar-refractivity contribution in [1.82, 2.24) is 9.97 Å². The van der Waals surface area contributed by atoms with E-state index in [1.165, 1.54) is 6.92 Å². The van der Waals surface area contributed by atoms with Crippen LogP contribution >= 0.6 is 11.6 Å². The third-order valence-electron chi connectivity index (χ3n) is 4.30. The fourth-order valence-electron chi connectivity index (χ4n) is 3.06. The smallest absolute Gasteiger partial charge is 0.273 e. The number of carbonyl (C=O) groups excluding carboxylic acids is 2. The van der Waals surface area contributed by atoms with Gasteiger partial charge in [0.15, 0.2) is 17.4 Å². The highest BCUT2D eigenvalue weighted by Crippen LogP contribution is 2.25. The van der Waals surface area contributed by atoms with E-state index in [1.54, 1.807) is 38.2 Å². The maximum Gasteiger partial charge on any atom is 0.273 e. The first kappa shape index (κ1) is 19.6. The quantitative estimate of drug-likeness (QED) is 0.590. The molecule has 3 rings (SSSR count). The summed E-state index contributed by atoms with van der Waals surface area (Å²) in [4.78, 5) is 31.7. The second-order valence-electron chi connectivity index (χ2n) is 6.40. The number of halogens is 1. The number of nitrogens with one attached hydrogen (secondary N) is 2. The molecule has 0 fully saturated rings. The van der Waals surface area contributed by atoms with E-state index in [-0.39, 0.29) is 18.3 Å². The molecule has 7 heteroatoms. The first-order valence-electron chi connectivity index (χ1n) is 8.70. The summed E-state index contributed by atoms with van der Waals surface area (Å²) in [5, 5.41) is 3.38. The van der Waals surface area contributed by atoms with Gasteiger partial charge in [0, 0.05) is 22.5 Å². The highest BCUT2D eigenvalue weighted by atomic mass is 35.5. The van der Waals surface area contributed by atoms with E-state index in [1.807, 2.05) is 18.2 Å². The van der Waals surface area contributed by atoms with Crippen LogP contribution < -0.4 is 10.1 Å². The van der Waals surface area contributed by atoms with E-state index < -0.39 is 0 Å². The summed E-state index contributed by atoms with van der Waals surface area (Å²) < 4.78 is 5.81. The zero-order chi connectivity index (χ0) is 20.3. The maximum absolute atomic E-state index is 12.7. The fraction of sp³-hybridized carbons (Fsp3) is 0.190. The molecule has 0 radical (unpaired) electrons. The van der Waals surface area contributed by atoms with Gasteiger partial charge in [-0.25, -0.2) is 4.98 Å². The highest BCUT2D eigenvalue weighted by Gasteiger charge is 2.21. The number of nitrogens with zero attached hydrogens (tertiary/aromatic N) is 1. The normalized spacial score (nSPS) is 10.6. The van der Waals surface area contributed by atoms with Crippen molar-refractivity contribution < 1.29 is 14.3 Å². The van der Waals surface area contributed by atoms with Gasteiger partial charge in [-0.05, 0) is 56.2 Å². The molecule has 0 saturated heterocycles. The molecule has 2 heterocycles. The minimum absolute atomic E-state index is 0.0892. The molecular formula is C21H20ClN3O3. The first-order valence-corrected chi connectivity index (χ1v) is 9.08. The SMILES string of the molecule is CC(=O)c1c(C)[nH]c(C(=O)Nc2ncccc2OCc2cccc(Cl)c2)c1C. The number of aryl methyl sites for hydroxylation is 1. The van der Waals surface area contributed by atoms with Gasteiger partial charge < -0.3 is 15.0 Å². The van der Waals surface area contributed by atoms with Gasteiger partial charge in [0.05, 0.1) is 0 Å². The van der Waals surface area contributed by atoms with Crippen LogP contribution in [0, 0.1) is 13.8 Å². The average molecular weight is 398 g/mol. The number of carbonyl (C=O) groups is 2. The minimum atomic E-state index is -0.389. The Hall–Kier alpha value is -3.12.